The highest BCUT2D eigenvalue weighted by Gasteiger charge is 2.06. The summed E-state index contributed by atoms with van der Waals surface area (Å²) in [5.74, 6) is 2.17. The van der Waals surface area contributed by atoms with Crippen LogP contribution in [0.4, 0.5) is 0 Å². The Morgan fingerprint density at radius 1 is 1.13 bits per heavy atom. The summed E-state index contributed by atoms with van der Waals surface area (Å²) in [5, 5.41) is 2.95. The molecule has 0 aliphatic heterocycles. The van der Waals surface area contributed by atoms with Gasteiger partial charge in [-0.15, -0.1) is 11.8 Å². The molecule has 0 aromatic heterocycles. The predicted octanol–water partition coefficient (Wildman–Crippen LogP) is 3.86. The highest BCUT2D eigenvalue weighted by Crippen LogP contribution is 2.18. The minimum Gasteiger partial charge on any atom is -0.496 e. The van der Waals surface area contributed by atoms with Crippen molar-refractivity contribution in [3.8, 4) is 5.75 Å². The number of hydrogen-bond acceptors (Lipinski definition) is 3. The number of benzene rings is 2. The van der Waals surface area contributed by atoms with Crippen molar-refractivity contribution in [2.24, 2.45) is 0 Å². The van der Waals surface area contributed by atoms with Gasteiger partial charge >= 0.3 is 0 Å². The molecule has 1 N–H and O–H groups in total. The molecule has 0 aliphatic carbocycles. The van der Waals surface area contributed by atoms with Crippen molar-refractivity contribution in [3.63, 3.8) is 0 Å². The van der Waals surface area contributed by atoms with Gasteiger partial charge in [0, 0.05) is 17.9 Å². The van der Waals surface area contributed by atoms with Crippen molar-refractivity contribution >= 4 is 17.7 Å². The molecule has 0 radical (unpaired) electrons. The van der Waals surface area contributed by atoms with E-state index in [2.05, 4.69) is 37.4 Å². The zero-order valence-electron chi connectivity index (χ0n) is 13.9. The van der Waals surface area contributed by atoms with Crippen LogP contribution in [0.2, 0.25) is 0 Å². The lowest BCUT2D eigenvalue weighted by atomic mass is 10.1. The zero-order valence-corrected chi connectivity index (χ0v) is 14.7. The van der Waals surface area contributed by atoms with Crippen LogP contribution < -0.4 is 10.1 Å². The van der Waals surface area contributed by atoms with Gasteiger partial charge in [-0.25, -0.2) is 0 Å². The smallest absolute Gasteiger partial charge is 0.230 e. The summed E-state index contributed by atoms with van der Waals surface area (Å²) in [5.41, 5.74) is 4.82. The molecular weight excluding hydrogens is 306 g/mol. The number of thioether (sulfide) groups is 1. The van der Waals surface area contributed by atoms with Gasteiger partial charge < -0.3 is 10.1 Å². The van der Waals surface area contributed by atoms with Gasteiger partial charge in [0.25, 0.3) is 0 Å². The van der Waals surface area contributed by atoms with Crippen molar-refractivity contribution in [1.29, 1.82) is 0 Å². The number of carbonyl (C=O) groups excluding carboxylic acids is 1. The fourth-order valence-corrected chi connectivity index (χ4v) is 3.22. The third-order valence-electron chi connectivity index (χ3n) is 3.66. The third-order valence-corrected chi connectivity index (χ3v) is 4.65. The molecule has 4 heteroatoms. The highest BCUT2D eigenvalue weighted by molar-refractivity contribution is 7.99. The molecule has 2 rings (SSSR count). The highest BCUT2D eigenvalue weighted by atomic mass is 32.2. The molecule has 0 fully saturated rings. The second-order valence-electron chi connectivity index (χ2n) is 5.51. The molecule has 0 saturated carbocycles. The molecule has 0 saturated heterocycles. The van der Waals surface area contributed by atoms with Crippen LogP contribution >= 0.6 is 11.8 Å². The number of carbonyl (C=O) groups is 1. The van der Waals surface area contributed by atoms with E-state index in [1.165, 1.54) is 16.7 Å². The standard InChI is InChI=1S/C19H23NO2S/c1-14-8-9-15(2)17(10-14)12-23-13-19(21)20-11-16-6-4-5-7-18(16)22-3/h4-10H,11-13H2,1-3H3,(H,20,21). The van der Waals surface area contributed by atoms with Crippen LogP contribution in [0.15, 0.2) is 42.5 Å². The average Bonchev–Trinajstić information content (AvgIpc) is 2.56. The van der Waals surface area contributed by atoms with Crippen molar-refractivity contribution in [2.45, 2.75) is 26.1 Å². The van der Waals surface area contributed by atoms with Crippen LogP contribution in [-0.4, -0.2) is 18.8 Å². The molecule has 0 heterocycles. The Hall–Kier alpha value is -1.94. The maximum Gasteiger partial charge on any atom is 0.230 e. The quantitative estimate of drug-likeness (QED) is 0.838. The number of ether oxygens (including phenoxy) is 1. The molecule has 0 spiro atoms. The van der Waals surface area contributed by atoms with Crippen LogP contribution in [-0.2, 0) is 17.1 Å². The fraction of sp³-hybridized carbons (Fsp3) is 0.316. The monoisotopic (exact) mass is 329 g/mol. The van der Waals surface area contributed by atoms with Crippen LogP contribution in [0.25, 0.3) is 0 Å². The number of hydrogen-bond donors (Lipinski definition) is 1. The van der Waals surface area contributed by atoms with Gasteiger partial charge in [-0.2, -0.15) is 0 Å². The van der Waals surface area contributed by atoms with Gasteiger partial charge in [-0.1, -0.05) is 42.0 Å². The first-order valence-corrected chi connectivity index (χ1v) is 8.78. The first kappa shape index (κ1) is 17.4. The third kappa shape index (κ3) is 5.32. The molecule has 0 aliphatic rings. The number of nitrogens with one attached hydrogen (secondary N) is 1. The number of para-hydroxylation sites is 1. The Balaban J connectivity index is 1.78. The summed E-state index contributed by atoms with van der Waals surface area (Å²) >= 11 is 1.64. The largest absolute Gasteiger partial charge is 0.496 e. The molecule has 23 heavy (non-hydrogen) atoms. The number of rotatable bonds is 7. The lowest BCUT2D eigenvalue weighted by Crippen LogP contribution is -2.24. The Morgan fingerprint density at radius 3 is 2.70 bits per heavy atom. The SMILES string of the molecule is COc1ccccc1CNC(=O)CSCc1cc(C)ccc1C. The molecule has 0 atom stereocenters. The summed E-state index contributed by atoms with van der Waals surface area (Å²) < 4.78 is 5.28. The van der Waals surface area contributed by atoms with E-state index in [0.29, 0.717) is 12.3 Å². The lowest BCUT2D eigenvalue weighted by Gasteiger charge is -2.10. The van der Waals surface area contributed by atoms with E-state index < -0.39 is 0 Å². The van der Waals surface area contributed by atoms with Crippen molar-refractivity contribution in [3.05, 3.63) is 64.7 Å². The van der Waals surface area contributed by atoms with Crippen LogP contribution in [0.1, 0.15) is 22.3 Å². The normalized spacial score (nSPS) is 10.4. The van der Waals surface area contributed by atoms with Gasteiger partial charge in [0.05, 0.1) is 12.9 Å². The molecule has 0 unspecified atom stereocenters. The second kappa shape index (κ2) is 8.63. The van der Waals surface area contributed by atoms with E-state index in [1.807, 2.05) is 24.3 Å². The van der Waals surface area contributed by atoms with Crippen molar-refractivity contribution in [2.75, 3.05) is 12.9 Å². The maximum absolute atomic E-state index is 12.0. The second-order valence-corrected chi connectivity index (χ2v) is 6.50. The zero-order chi connectivity index (χ0) is 16.7. The van der Waals surface area contributed by atoms with E-state index in [-0.39, 0.29) is 5.91 Å². The van der Waals surface area contributed by atoms with Crippen molar-refractivity contribution in [1.82, 2.24) is 5.32 Å². The lowest BCUT2D eigenvalue weighted by molar-refractivity contribution is -0.118. The molecule has 2 aromatic carbocycles. The van der Waals surface area contributed by atoms with E-state index in [1.54, 1.807) is 18.9 Å². The van der Waals surface area contributed by atoms with Gasteiger partial charge in [0.15, 0.2) is 0 Å². The number of amides is 1. The molecule has 3 nitrogen and oxygen atoms in total. The molecule has 2 aromatic rings. The number of aryl methyl sites for hydroxylation is 2. The Morgan fingerprint density at radius 2 is 1.91 bits per heavy atom. The molecule has 122 valence electrons. The first-order chi connectivity index (χ1) is 11.1. The maximum atomic E-state index is 12.0. The summed E-state index contributed by atoms with van der Waals surface area (Å²) in [7, 11) is 1.64. The van der Waals surface area contributed by atoms with Gasteiger partial charge in [-0.3, -0.25) is 4.79 Å². The first-order valence-electron chi connectivity index (χ1n) is 7.62. The predicted molar refractivity (Wildman–Crippen MR) is 96.9 cm³/mol. The Bertz CT molecular complexity index is 670. The average molecular weight is 329 g/mol. The summed E-state index contributed by atoms with van der Waals surface area (Å²) in [6.07, 6.45) is 0. The minimum absolute atomic E-state index is 0.0474. The molecule has 0 bridgehead atoms. The Labute approximate surface area is 142 Å². The van der Waals surface area contributed by atoms with Gasteiger partial charge in [-0.05, 0) is 31.0 Å². The number of methoxy groups -OCH3 is 1. The van der Waals surface area contributed by atoms with Gasteiger partial charge in [0.2, 0.25) is 5.91 Å². The fourth-order valence-electron chi connectivity index (χ4n) is 2.30. The van der Waals surface area contributed by atoms with Crippen molar-refractivity contribution < 1.29 is 9.53 Å². The molecule has 1 amide bonds. The van der Waals surface area contributed by atoms with Crippen LogP contribution in [0, 0.1) is 13.8 Å². The topological polar surface area (TPSA) is 38.3 Å². The van der Waals surface area contributed by atoms with Crippen LogP contribution in [0.3, 0.4) is 0 Å². The Kier molecular flexibility index (Phi) is 6.53. The summed E-state index contributed by atoms with van der Waals surface area (Å²) in [6.45, 7) is 4.69. The van der Waals surface area contributed by atoms with E-state index >= 15 is 0 Å². The van der Waals surface area contributed by atoms with Crippen LogP contribution in [0.5, 0.6) is 5.75 Å². The summed E-state index contributed by atoms with van der Waals surface area (Å²) in [4.78, 5) is 12.0. The van der Waals surface area contributed by atoms with E-state index in [4.69, 9.17) is 4.74 Å². The van der Waals surface area contributed by atoms with E-state index in [9.17, 15) is 4.79 Å². The van der Waals surface area contributed by atoms with E-state index in [0.717, 1.165) is 17.1 Å². The molecular formula is C19H23NO2S. The summed E-state index contributed by atoms with van der Waals surface area (Å²) in [6, 6.07) is 14.2. The minimum atomic E-state index is 0.0474. The van der Waals surface area contributed by atoms with Gasteiger partial charge in [0.1, 0.15) is 5.75 Å².